The van der Waals surface area contributed by atoms with Gasteiger partial charge in [0.15, 0.2) is 0 Å². The molecule has 1 aromatic rings. The number of carbonyl (C=O) groups is 1. The Hall–Kier alpha value is -1.76. The summed E-state index contributed by atoms with van der Waals surface area (Å²) in [5, 5.41) is 10.5. The van der Waals surface area contributed by atoms with Crippen LogP contribution in [0.15, 0.2) is 18.2 Å². The van der Waals surface area contributed by atoms with E-state index in [0.29, 0.717) is 12.8 Å². The van der Waals surface area contributed by atoms with E-state index in [-0.39, 0.29) is 12.4 Å². The van der Waals surface area contributed by atoms with E-state index >= 15 is 0 Å². The van der Waals surface area contributed by atoms with Crippen LogP contribution in [0.4, 0.5) is 13.2 Å². The molecule has 0 radical (unpaired) electrons. The lowest BCUT2D eigenvalue weighted by atomic mass is 9.85. The highest BCUT2D eigenvalue weighted by atomic mass is 19.4. The lowest BCUT2D eigenvalue weighted by Gasteiger charge is -2.32. The molecule has 4 nitrogen and oxygen atoms in total. The summed E-state index contributed by atoms with van der Waals surface area (Å²) >= 11 is 0. The molecule has 0 atom stereocenters. The second kappa shape index (κ2) is 7.01. The Morgan fingerprint density at radius 3 is 2.42 bits per heavy atom. The number of hydrogen-bond acceptors (Lipinski definition) is 3. The zero-order chi connectivity index (χ0) is 18.0. The first kappa shape index (κ1) is 18.6. The zero-order valence-electron chi connectivity index (χ0n) is 13.8. The molecule has 1 aliphatic carbocycles. The molecular formula is C17H22F3NO3. The average Bonchev–Trinajstić information content (AvgIpc) is 2.51. The summed E-state index contributed by atoms with van der Waals surface area (Å²) < 4.78 is 45.2. The number of rotatable bonds is 4. The van der Waals surface area contributed by atoms with Crippen LogP contribution in [0.1, 0.15) is 48.0 Å². The molecule has 0 aliphatic heterocycles. The molecule has 1 amide bonds. The molecule has 134 valence electrons. The van der Waals surface area contributed by atoms with E-state index in [0.717, 1.165) is 30.2 Å². The number of alkyl halides is 3. The Morgan fingerprint density at radius 1 is 1.25 bits per heavy atom. The molecule has 0 bridgehead atoms. The predicted molar refractivity (Wildman–Crippen MR) is 83.0 cm³/mol. The van der Waals surface area contributed by atoms with Gasteiger partial charge in [-0.2, -0.15) is 13.2 Å². The van der Waals surface area contributed by atoms with E-state index < -0.39 is 28.8 Å². The number of benzene rings is 1. The second-order valence-electron chi connectivity index (χ2n) is 6.45. The third-order valence-electron chi connectivity index (χ3n) is 4.23. The number of nitrogens with zero attached hydrogens (tertiary/aromatic N) is 1. The average molecular weight is 345 g/mol. The number of aliphatic hydroxyl groups is 1. The largest absolute Gasteiger partial charge is 0.490 e. The maximum absolute atomic E-state index is 13.2. The third-order valence-corrected chi connectivity index (χ3v) is 4.23. The molecule has 0 spiro atoms. The second-order valence-corrected chi connectivity index (χ2v) is 6.45. The molecule has 0 aromatic heterocycles. The molecular weight excluding hydrogens is 323 g/mol. The van der Waals surface area contributed by atoms with Crippen LogP contribution in [-0.2, 0) is 6.18 Å². The summed E-state index contributed by atoms with van der Waals surface area (Å²) in [6.07, 6.45) is -0.845. The molecule has 1 saturated carbocycles. The Kier molecular flexibility index (Phi) is 5.42. The number of hydrogen-bond donors (Lipinski definition) is 1. The molecule has 0 saturated heterocycles. The minimum Gasteiger partial charge on any atom is -0.490 e. The van der Waals surface area contributed by atoms with E-state index in [4.69, 9.17) is 4.74 Å². The first-order valence-electron chi connectivity index (χ1n) is 7.91. The summed E-state index contributed by atoms with van der Waals surface area (Å²) in [6, 6.07) is 3.40. The van der Waals surface area contributed by atoms with Crippen molar-refractivity contribution in [3.8, 4) is 5.75 Å². The van der Waals surface area contributed by atoms with Crippen LogP contribution in [0.25, 0.3) is 0 Å². The molecule has 1 aliphatic rings. The van der Waals surface area contributed by atoms with Crippen LogP contribution in [0.3, 0.4) is 0 Å². The van der Waals surface area contributed by atoms with Gasteiger partial charge in [0.1, 0.15) is 12.4 Å². The molecule has 2 rings (SSSR count). The lowest BCUT2D eigenvalue weighted by Crippen LogP contribution is -2.38. The SMILES string of the molecule is CN(C)C(=O)c1c(OCC2(O)CCCCC2)cccc1C(F)(F)F. The molecule has 1 fully saturated rings. The van der Waals surface area contributed by atoms with Crippen LogP contribution in [0.2, 0.25) is 0 Å². The van der Waals surface area contributed by atoms with Gasteiger partial charge in [-0.25, -0.2) is 0 Å². The van der Waals surface area contributed by atoms with Gasteiger partial charge in [0, 0.05) is 14.1 Å². The van der Waals surface area contributed by atoms with Gasteiger partial charge in [-0.15, -0.1) is 0 Å². The van der Waals surface area contributed by atoms with Crippen LogP contribution >= 0.6 is 0 Å². The fourth-order valence-corrected chi connectivity index (χ4v) is 2.90. The molecule has 24 heavy (non-hydrogen) atoms. The van der Waals surface area contributed by atoms with Crippen LogP contribution in [0, 0.1) is 0 Å². The minimum atomic E-state index is -4.66. The van der Waals surface area contributed by atoms with Crippen molar-refractivity contribution in [3.05, 3.63) is 29.3 Å². The lowest BCUT2D eigenvalue weighted by molar-refractivity contribution is -0.138. The van der Waals surface area contributed by atoms with E-state index in [9.17, 15) is 23.1 Å². The Morgan fingerprint density at radius 2 is 1.88 bits per heavy atom. The fourth-order valence-electron chi connectivity index (χ4n) is 2.90. The minimum absolute atomic E-state index is 0.123. The van der Waals surface area contributed by atoms with Gasteiger partial charge in [-0.1, -0.05) is 25.3 Å². The molecule has 1 aromatic carbocycles. The Bertz CT molecular complexity index is 593. The molecule has 1 N–H and O–H groups in total. The summed E-state index contributed by atoms with van der Waals surface area (Å²) in [6.45, 7) is -0.123. The van der Waals surface area contributed by atoms with Gasteiger partial charge in [0.2, 0.25) is 0 Å². The van der Waals surface area contributed by atoms with Crippen molar-refractivity contribution in [3.63, 3.8) is 0 Å². The molecule has 0 unspecified atom stereocenters. The molecule has 7 heteroatoms. The number of carbonyl (C=O) groups excluding carboxylic acids is 1. The highest BCUT2D eigenvalue weighted by molar-refractivity contribution is 5.98. The van der Waals surface area contributed by atoms with Gasteiger partial charge in [-0.3, -0.25) is 4.79 Å². The first-order valence-corrected chi connectivity index (χ1v) is 7.91. The van der Waals surface area contributed by atoms with Crippen LogP contribution in [0.5, 0.6) is 5.75 Å². The topological polar surface area (TPSA) is 49.8 Å². The number of halogens is 3. The van der Waals surface area contributed by atoms with E-state index in [1.807, 2.05) is 0 Å². The predicted octanol–water partition coefficient (Wildman–Crippen LogP) is 3.48. The standard InChI is InChI=1S/C17H22F3NO3/c1-21(2)15(22)14-12(17(18,19)20)7-6-8-13(14)24-11-16(23)9-4-3-5-10-16/h6-8,23H,3-5,9-11H2,1-2H3. The summed E-state index contributed by atoms with van der Waals surface area (Å²) in [7, 11) is 2.77. The van der Waals surface area contributed by atoms with Crippen LogP contribution < -0.4 is 4.74 Å². The quantitative estimate of drug-likeness (QED) is 0.909. The van der Waals surface area contributed by atoms with Crippen molar-refractivity contribution in [1.29, 1.82) is 0 Å². The van der Waals surface area contributed by atoms with E-state index in [1.165, 1.54) is 26.2 Å². The van der Waals surface area contributed by atoms with Gasteiger partial charge in [0.25, 0.3) is 5.91 Å². The van der Waals surface area contributed by atoms with Gasteiger partial charge < -0.3 is 14.7 Å². The van der Waals surface area contributed by atoms with Crippen molar-refractivity contribution in [1.82, 2.24) is 4.90 Å². The van der Waals surface area contributed by atoms with Crippen LogP contribution in [-0.4, -0.2) is 42.2 Å². The van der Waals surface area contributed by atoms with E-state index in [2.05, 4.69) is 0 Å². The summed E-state index contributed by atoms with van der Waals surface area (Å²) in [4.78, 5) is 13.3. The summed E-state index contributed by atoms with van der Waals surface area (Å²) in [5.74, 6) is -0.934. The Labute approximate surface area is 139 Å². The van der Waals surface area contributed by atoms with Gasteiger partial charge in [0.05, 0.1) is 16.7 Å². The maximum atomic E-state index is 13.2. The smallest absolute Gasteiger partial charge is 0.417 e. The number of amides is 1. The zero-order valence-corrected chi connectivity index (χ0v) is 13.8. The van der Waals surface area contributed by atoms with Crippen molar-refractivity contribution in [2.24, 2.45) is 0 Å². The first-order chi connectivity index (χ1) is 11.1. The van der Waals surface area contributed by atoms with Gasteiger partial charge in [-0.05, 0) is 25.0 Å². The normalized spacial score (nSPS) is 17.4. The van der Waals surface area contributed by atoms with Crippen molar-refractivity contribution >= 4 is 5.91 Å². The monoisotopic (exact) mass is 345 g/mol. The summed E-state index contributed by atoms with van der Waals surface area (Å²) in [5.41, 5.74) is -2.60. The van der Waals surface area contributed by atoms with Crippen molar-refractivity contribution in [2.45, 2.75) is 43.9 Å². The fraction of sp³-hybridized carbons (Fsp3) is 0.588. The van der Waals surface area contributed by atoms with Gasteiger partial charge >= 0.3 is 6.18 Å². The van der Waals surface area contributed by atoms with Crippen molar-refractivity contribution < 1.29 is 27.8 Å². The molecule has 0 heterocycles. The maximum Gasteiger partial charge on any atom is 0.417 e. The van der Waals surface area contributed by atoms with Crippen molar-refractivity contribution in [2.75, 3.05) is 20.7 Å². The third kappa shape index (κ3) is 4.20. The highest BCUT2D eigenvalue weighted by Crippen LogP contribution is 2.37. The number of ether oxygens (including phenoxy) is 1. The highest BCUT2D eigenvalue weighted by Gasteiger charge is 2.38. The van der Waals surface area contributed by atoms with E-state index in [1.54, 1.807) is 0 Å². The Balaban J connectivity index is 2.33.